The van der Waals surface area contributed by atoms with Gasteiger partial charge < -0.3 is 10.2 Å². The van der Waals surface area contributed by atoms with Crippen LogP contribution in [0.2, 0.25) is 0 Å². The van der Waals surface area contributed by atoms with Crippen molar-refractivity contribution in [3.8, 4) is 0 Å². The summed E-state index contributed by atoms with van der Waals surface area (Å²) in [6, 6.07) is 7.58. The summed E-state index contributed by atoms with van der Waals surface area (Å²) in [4.78, 5) is 0.176. The molecular weight excluding hydrogens is 232 g/mol. The van der Waals surface area contributed by atoms with E-state index in [2.05, 4.69) is 6.58 Å². The average Bonchev–Trinajstić information content (AvgIpc) is 2.29. The van der Waals surface area contributed by atoms with E-state index >= 15 is 0 Å². The number of nitrogens with two attached hydrogens (primary N) is 1. The third-order valence-corrected chi connectivity index (χ3v) is 2.73. The standard InChI is InChI=1S/C13H12N2OS/c1-2-4-8-5-3-6-9-7-10(13(15)17)12(14)16-11(8)9/h2-3,5-7,14H,1,4H2,(H2,15,17). The minimum atomic E-state index is 0.00140. The molecule has 0 saturated carbocycles. The first kappa shape index (κ1) is 11.5. The molecule has 0 aliphatic heterocycles. The van der Waals surface area contributed by atoms with E-state index in [4.69, 9.17) is 27.8 Å². The Hall–Kier alpha value is -1.94. The molecule has 3 nitrogen and oxygen atoms in total. The van der Waals surface area contributed by atoms with Crippen LogP contribution < -0.4 is 11.3 Å². The molecule has 0 bridgehead atoms. The molecule has 2 rings (SSSR count). The fourth-order valence-electron chi connectivity index (χ4n) is 1.72. The van der Waals surface area contributed by atoms with Crippen molar-refractivity contribution in [2.24, 2.45) is 5.73 Å². The van der Waals surface area contributed by atoms with Gasteiger partial charge in [-0.15, -0.1) is 6.58 Å². The van der Waals surface area contributed by atoms with Crippen LogP contribution in [0.4, 0.5) is 0 Å². The zero-order chi connectivity index (χ0) is 12.4. The van der Waals surface area contributed by atoms with Gasteiger partial charge in [0.15, 0.2) is 0 Å². The lowest BCUT2D eigenvalue weighted by Crippen LogP contribution is -2.19. The topological polar surface area (TPSA) is 63.0 Å². The molecule has 0 spiro atoms. The first-order chi connectivity index (χ1) is 8.13. The predicted molar refractivity (Wildman–Crippen MR) is 71.9 cm³/mol. The lowest BCUT2D eigenvalue weighted by atomic mass is 10.1. The second-order valence-corrected chi connectivity index (χ2v) is 4.12. The molecule has 4 heteroatoms. The molecule has 1 heterocycles. The van der Waals surface area contributed by atoms with Crippen LogP contribution in [0.3, 0.4) is 0 Å². The fraction of sp³-hybridized carbons (Fsp3) is 0.0769. The lowest BCUT2D eigenvalue weighted by Gasteiger charge is -2.05. The van der Waals surface area contributed by atoms with Crippen LogP contribution in [0, 0.1) is 5.41 Å². The molecule has 0 atom stereocenters. The van der Waals surface area contributed by atoms with Crippen molar-refractivity contribution in [2.45, 2.75) is 6.42 Å². The van der Waals surface area contributed by atoms with E-state index in [1.165, 1.54) is 0 Å². The maximum Gasteiger partial charge on any atom is 0.222 e. The molecule has 0 fully saturated rings. The second kappa shape index (κ2) is 4.51. The van der Waals surface area contributed by atoms with Crippen LogP contribution in [-0.4, -0.2) is 4.99 Å². The molecule has 0 radical (unpaired) electrons. The monoisotopic (exact) mass is 244 g/mol. The van der Waals surface area contributed by atoms with E-state index in [0.717, 1.165) is 10.9 Å². The van der Waals surface area contributed by atoms with Crippen LogP contribution in [0.15, 0.2) is 41.3 Å². The normalized spacial score (nSPS) is 10.4. The molecule has 0 aliphatic rings. The van der Waals surface area contributed by atoms with Gasteiger partial charge in [0.05, 0.1) is 5.56 Å². The number of fused-ring (bicyclic) bond motifs is 1. The van der Waals surface area contributed by atoms with Gasteiger partial charge in [0, 0.05) is 5.39 Å². The summed E-state index contributed by atoms with van der Waals surface area (Å²) in [6.07, 6.45) is 2.50. The van der Waals surface area contributed by atoms with E-state index in [9.17, 15) is 0 Å². The summed E-state index contributed by atoms with van der Waals surface area (Å²) in [5.74, 6) is 0. The smallest absolute Gasteiger partial charge is 0.222 e. The molecule has 17 heavy (non-hydrogen) atoms. The summed E-state index contributed by atoms with van der Waals surface area (Å²) >= 11 is 4.88. The van der Waals surface area contributed by atoms with Crippen LogP contribution in [0.5, 0.6) is 0 Å². The molecule has 1 aromatic carbocycles. The Balaban J connectivity index is 2.77. The van der Waals surface area contributed by atoms with Gasteiger partial charge in [-0.3, -0.25) is 5.41 Å². The number of hydrogen-bond donors (Lipinski definition) is 2. The third kappa shape index (κ3) is 2.12. The van der Waals surface area contributed by atoms with Crippen molar-refractivity contribution in [3.05, 3.63) is 53.6 Å². The Labute approximate surface area is 104 Å². The highest BCUT2D eigenvalue weighted by atomic mass is 32.1. The fourth-order valence-corrected chi connectivity index (χ4v) is 1.87. The molecule has 2 aromatic rings. The maximum atomic E-state index is 7.75. The lowest BCUT2D eigenvalue weighted by molar-refractivity contribution is 0.529. The van der Waals surface area contributed by atoms with Gasteiger partial charge in [0.2, 0.25) is 5.55 Å². The van der Waals surface area contributed by atoms with E-state index in [1.54, 1.807) is 12.1 Å². The first-order valence-electron chi connectivity index (χ1n) is 5.14. The van der Waals surface area contributed by atoms with Crippen LogP contribution in [0.25, 0.3) is 11.0 Å². The zero-order valence-corrected chi connectivity index (χ0v) is 10.0. The number of hydrogen-bond acceptors (Lipinski definition) is 3. The summed E-state index contributed by atoms with van der Waals surface area (Å²) in [7, 11) is 0. The molecular formula is C13H12N2OS. The van der Waals surface area contributed by atoms with Gasteiger partial charge in [0.1, 0.15) is 10.6 Å². The largest absolute Gasteiger partial charge is 0.438 e. The number of para-hydroxylation sites is 1. The van der Waals surface area contributed by atoms with Crippen LogP contribution >= 0.6 is 12.2 Å². The number of thiocarbonyl (C=S) groups is 1. The van der Waals surface area contributed by atoms with Crippen molar-refractivity contribution >= 4 is 28.2 Å². The third-order valence-electron chi connectivity index (χ3n) is 2.51. The van der Waals surface area contributed by atoms with Crippen LogP contribution in [-0.2, 0) is 6.42 Å². The van der Waals surface area contributed by atoms with E-state index in [1.807, 2.05) is 18.2 Å². The van der Waals surface area contributed by atoms with E-state index in [0.29, 0.717) is 17.6 Å². The summed E-state index contributed by atoms with van der Waals surface area (Å²) < 4.78 is 5.49. The van der Waals surface area contributed by atoms with Gasteiger partial charge in [-0.2, -0.15) is 0 Å². The number of nitrogens with one attached hydrogen (secondary N) is 1. The summed E-state index contributed by atoms with van der Waals surface area (Å²) in [6.45, 7) is 3.70. The molecule has 1 aromatic heterocycles. The number of allylic oxidation sites excluding steroid dienone is 1. The Morgan fingerprint density at radius 2 is 2.29 bits per heavy atom. The Morgan fingerprint density at radius 3 is 2.94 bits per heavy atom. The number of benzene rings is 1. The zero-order valence-electron chi connectivity index (χ0n) is 9.19. The van der Waals surface area contributed by atoms with Crippen molar-refractivity contribution in [2.75, 3.05) is 0 Å². The Morgan fingerprint density at radius 1 is 1.53 bits per heavy atom. The second-order valence-electron chi connectivity index (χ2n) is 3.68. The van der Waals surface area contributed by atoms with E-state index < -0.39 is 0 Å². The van der Waals surface area contributed by atoms with Gasteiger partial charge >= 0.3 is 0 Å². The molecule has 3 N–H and O–H groups in total. The van der Waals surface area contributed by atoms with Crippen molar-refractivity contribution in [1.29, 1.82) is 5.41 Å². The molecule has 0 unspecified atom stereocenters. The summed E-state index contributed by atoms with van der Waals surface area (Å²) in [5.41, 5.74) is 7.69. The highest BCUT2D eigenvalue weighted by Crippen LogP contribution is 2.18. The van der Waals surface area contributed by atoms with Crippen molar-refractivity contribution < 1.29 is 4.42 Å². The van der Waals surface area contributed by atoms with Gasteiger partial charge in [-0.1, -0.05) is 36.5 Å². The van der Waals surface area contributed by atoms with E-state index in [-0.39, 0.29) is 10.5 Å². The Bertz CT molecular complexity index is 658. The highest BCUT2D eigenvalue weighted by molar-refractivity contribution is 7.80. The van der Waals surface area contributed by atoms with Gasteiger partial charge in [-0.05, 0) is 18.1 Å². The van der Waals surface area contributed by atoms with Gasteiger partial charge in [0.25, 0.3) is 0 Å². The molecule has 0 amide bonds. The highest BCUT2D eigenvalue weighted by Gasteiger charge is 2.07. The maximum absolute atomic E-state index is 7.75. The minimum Gasteiger partial charge on any atom is -0.438 e. The van der Waals surface area contributed by atoms with Crippen molar-refractivity contribution in [1.82, 2.24) is 0 Å². The quantitative estimate of drug-likeness (QED) is 0.643. The molecule has 86 valence electrons. The Kier molecular flexibility index (Phi) is 3.06. The van der Waals surface area contributed by atoms with Gasteiger partial charge in [-0.25, -0.2) is 0 Å². The summed E-state index contributed by atoms with van der Waals surface area (Å²) in [5, 5.41) is 8.64. The molecule has 0 saturated heterocycles. The van der Waals surface area contributed by atoms with Crippen LogP contribution in [0.1, 0.15) is 11.1 Å². The predicted octanol–water partition coefficient (Wildman–Crippen LogP) is 2.27. The van der Waals surface area contributed by atoms with Crippen molar-refractivity contribution in [3.63, 3.8) is 0 Å². The first-order valence-corrected chi connectivity index (χ1v) is 5.55. The SMILES string of the molecule is C=CCc1cccc2cc(C(N)=S)c(=N)oc12. The average molecular weight is 244 g/mol. The number of rotatable bonds is 3. The minimum absolute atomic E-state index is 0.00140. The molecule has 0 aliphatic carbocycles.